The van der Waals surface area contributed by atoms with Gasteiger partial charge in [0.1, 0.15) is 16.9 Å². The molecule has 3 aromatic heterocycles. The molecule has 0 bridgehead atoms. The highest BCUT2D eigenvalue weighted by atomic mass is 16.3. The van der Waals surface area contributed by atoms with Crippen LogP contribution < -0.4 is 4.90 Å². The normalized spacial score (nSPS) is 11.7. The Kier molecular flexibility index (Phi) is 5.16. The molecule has 0 fully saturated rings. The number of aromatic nitrogens is 1. The zero-order valence-corrected chi connectivity index (χ0v) is 23.1. The van der Waals surface area contributed by atoms with Crippen LogP contribution in [0.4, 0.5) is 17.1 Å². The second kappa shape index (κ2) is 9.33. The van der Waals surface area contributed by atoms with E-state index < -0.39 is 0 Å². The van der Waals surface area contributed by atoms with Crippen molar-refractivity contribution in [3.8, 4) is 11.1 Å². The monoisotopic (exact) mass is 552 g/mol. The molecule has 0 aliphatic carbocycles. The smallest absolute Gasteiger partial charge is 0.162 e. The molecule has 4 heteroatoms. The fourth-order valence-corrected chi connectivity index (χ4v) is 6.27. The lowest BCUT2D eigenvalue weighted by Gasteiger charge is -2.25. The second-order valence-electron chi connectivity index (χ2n) is 10.8. The average molecular weight is 553 g/mol. The number of para-hydroxylation sites is 2. The summed E-state index contributed by atoms with van der Waals surface area (Å²) in [6.07, 6.45) is 3.79. The van der Waals surface area contributed by atoms with Crippen molar-refractivity contribution in [1.29, 1.82) is 0 Å². The Morgan fingerprint density at radius 1 is 0.442 bits per heavy atom. The minimum atomic E-state index is 0.778. The van der Waals surface area contributed by atoms with E-state index in [0.29, 0.717) is 0 Å². The van der Waals surface area contributed by atoms with Crippen LogP contribution in [0.3, 0.4) is 0 Å². The predicted octanol–water partition coefficient (Wildman–Crippen LogP) is 11.2. The Morgan fingerprint density at radius 2 is 1.12 bits per heavy atom. The number of furan rings is 2. The van der Waals surface area contributed by atoms with Crippen molar-refractivity contribution in [2.45, 2.75) is 0 Å². The summed E-state index contributed by atoms with van der Waals surface area (Å²) in [4.78, 5) is 6.95. The minimum absolute atomic E-state index is 0.778. The lowest BCUT2D eigenvalue weighted by molar-refractivity contribution is 0.666. The Morgan fingerprint density at radius 3 is 1.98 bits per heavy atom. The highest BCUT2D eigenvalue weighted by Gasteiger charge is 2.23. The van der Waals surface area contributed by atoms with Crippen molar-refractivity contribution in [1.82, 2.24) is 4.98 Å². The van der Waals surface area contributed by atoms with Crippen LogP contribution in [0.2, 0.25) is 0 Å². The first-order valence-electron chi connectivity index (χ1n) is 14.4. The molecule has 0 unspecified atom stereocenters. The van der Waals surface area contributed by atoms with Crippen molar-refractivity contribution in [3.05, 3.63) is 146 Å². The summed E-state index contributed by atoms with van der Waals surface area (Å²) >= 11 is 0. The molecule has 6 aromatic carbocycles. The van der Waals surface area contributed by atoms with Crippen molar-refractivity contribution in [2.75, 3.05) is 4.90 Å². The van der Waals surface area contributed by atoms with Crippen LogP contribution in [0.1, 0.15) is 0 Å². The standard InChI is InChI=1S/C39H24N2O2/c1-2-9-25(10-3-1)26-17-19-29(20-18-26)41(34-15-8-14-31-30-13-6-7-16-36(30)42-38(31)34)35-24-40-23-33-32-21-27-11-4-5-12-28(27)22-37(32)43-39(33)35/h1-24H. The molecule has 0 amide bonds. The van der Waals surface area contributed by atoms with Crippen LogP contribution >= 0.6 is 0 Å². The number of benzene rings is 6. The average Bonchev–Trinajstić information content (AvgIpc) is 3.63. The molecule has 0 spiro atoms. The minimum Gasteiger partial charge on any atom is -0.454 e. The molecule has 0 aliphatic heterocycles. The molecule has 0 saturated heterocycles. The molecule has 43 heavy (non-hydrogen) atoms. The Hall–Kier alpha value is -5.87. The number of fused-ring (bicyclic) bond motifs is 7. The second-order valence-corrected chi connectivity index (χ2v) is 10.8. The van der Waals surface area contributed by atoms with Gasteiger partial charge in [-0.05, 0) is 58.3 Å². The van der Waals surface area contributed by atoms with Gasteiger partial charge in [-0.3, -0.25) is 4.98 Å². The molecule has 0 saturated carbocycles. The van der Waals surface area contributed by atoms with Crippen molar-refractivity contribution in [3.63, 3.8) is 0 Å². The first-order chi connectivity index (χ1) is 21.3. The molecule has 4 nitrogen and oxygen atoms in total. The predicted molar refractivity (Wildman–Crippen MR) is 176 cm³/mol. The van der Waals surface area contributed by atoms with Crippen LogP contribution in [0, 0.1) is 0 Å². The van der Waals surface area contributed by atoms with Gasteiger partial charge in [-0.15, -0.1) is 0 Å². The van der Waals surface area contributed by atoms with E-state index in [2.05, 4.69) is 114 Å². The number of rotatable bonds is 4. The molecule has 0 radical (unpaired) electrons. The molecule has 9 aromatic rings. The van der Waals surface area contributed by atoms with Gasteiger partial charge in [0.15, 0.2) is 11.2 Å². The summed E-state index contributed by atoms with van der Waals surface area (Å²) in [6.45, 7) is 0. The molecule has 9 rings (SSSR count). The van der Waals surface area contributed by atoms with E-state index in [-0.39, 0.29) is 0 Å². The number of pyridine rings is 1. The van der Waals surface area contributed by atoms with Gasteiger partial charge >= 0.3 is 0 Å². The molecular weight excluding hydrogens is 528 g/mol. The molecule has 0 N–H and O–H groups in total. The Balaban J connectivity index is 1.32. The van der Waals surface area contributed by atoms with Crippen molar-refractivity contribution in [2.24, 2.45) is 0 Å². The SMILES string of the molecule is c1ccc(-c2ccc(N(c3cccc4c3oc3ccccc34)c3cncc4c3oc3cc5ccccc5cc34)cc2)cc1. The van der Waals surface area contributed by atoms with E-state index in [1.807, 2.05) is 36.7 Å². The van der Waals surface area contributed by atoms with E-state index in [9.17, 15) is 0 Å². The molecule has 0 atom stereocenters. The quantitative estimate of drug-likeness (QED) is 0.218. The molecule has 202 valence electrons. The lowest BCUT2D eigenvalue weighted by Crippen LogP contribution is -2.11. The molecule has 3 heterocycles. The highest BCUT2D eigenvalue weighted by Crippen LogP contribution is 2.46. The summed E-state index contributed by atoms with van der Waals surface area (Å²) in [5.41, 5.74) is 8.36. The Labute approximate surface area is 247 Å². The van der Waals surface area contributed by atoms with Gasteiger partial charge in [-0.2, -0.15) is 0 Å². The Bertz CT molecular complexity index is 2450. The maximum atomic E-state index is 6.67. The van der Waals surface area contributed by atoms with Crippen LogP contribution in [-0.4, -0.2) is 4.98 Å². The maximum Gasteiger partial charge on any atom is 0.162 e. The van der Waals surface area contributed by atoms with E-state index >= 15 is 0 Å². The number of anilines is 3. The van der Waals surface area contributed by atoms with Gasteiger partial charge in [0, 0.05) is 33.4 Å². The van der Waals surface area contributed by atoms with Crippen molar-refractivity contribution >= 4 is 71.7 Å². The highest BCUT2D eigenvalue weighted by molar-refractivity contribution is 6.15. The van der Waals surface area contributed by atoms with E-state index in [1.165, 1.54) is 10.9 Å². The van der Waals surface area contributed by atoms with E-state index in [4.69, 9.17) is 13.8 Å². The first-order valence-corrected chi connectivity index (χ1v) is 14.4. The summed E-state index contributed by atoms with van der Waals surface area (Å²) in [5.74, 6) is 0. The number of hydrogen-bond donors (Lipinski definition) is 0. The fourth-order valence-electron chi connectivity index (χ4n) is 6.27. The van der Waals surface area contributed by atoms with Gasteiger partial charge in [-0.25, -0.2) is 0 Å². The van der Waals surface area contributed by atoms with E-state index in [1.54, 1.807) is 0 Å². The van der Waals surface area contributed by atoms with Crippen molar-refractivity contribution < 1.29 is 8.83 Å². The van der Waals surface area contributed by atoms with Crippen LogP contribution in [0.15, 0.2) is 155 Å². The first kappa shape index (κ1) is 23.8. The summed E-state index contributed by atoms with van der Waals surface area (Å²) < 4.78 is 13.2. The van der Waals surface area contributed by atoms with Crippen LogP contribution in [-0.2, 0) is 0 Å². The number of hydrogen-bond acceptors (Lipinski definition) is 4. The lowest BCUT2D eigenvalue weighted by atomic mass is 10.0. The van der Waals surface area contributed by atoms with E-state index in [0.717, 1.165) is 71.9 Å². The van der Waals surface area contributed by atoms with Gasteiger partial charge in [0.25, 0.3) is 0 Å². The maximum absolute atomic E-state index is 6.67. The number of nitrogens with zero attached hydrogens (tertiary/aromatic N) is 2. The van der Waals surface area contributed by atoms with Crippen LogP contribution in [0.25, 0.3) is 65.8 Å². The zero-order chi connectivity index (χ0) is 28.3. The van der Waals surface area contributed by atoms with Gasteiger partial charge in [0.05, 0.1) is 11.9 Å². The third-order valence-electron chi connectivity index (χ3n) is 8.33. The summed E-state index contributed by atoms with van der Waals surface area (Å²) in [6, 6.07) is 46.2. The van der Waals surface area contributed by atoms with Gasteiger partial charge in [0.2, 0.25) is 0 Å². The van der Waals surface area contributed by atoms with Crippen LogP contribution in [0.5, 0.6) is 0 Å². The largest absolute Gasteiger partial charge is 0.454 e. The third kappa shape index (κ3) is 3.74. The molecular formula is C39H24N2O2. The zero-order valence-electron chi connectivity index (χ0n) is 23.1. The van der Waals surface area contributed by atoms with Gasteiger partial charge in [-0.1, -0.05) is 97.1 Å². The topological polar surface area (TPSA) is 42.4 Å². The summed E-state index contributed by atoms with van der Waals surface area (Å²) in [7, 11) is 0. The fraction of sp³-hybridized carbons (Fsp3) is 0. The molecule has 0 aliphatic rings. The van der Waals surface area contributed by atoms with Gasteiger partial charge < -0.3 is 13.7 Å². The summed E-state index contributed by atoms with van der Waals surface area (Å²) in [5, 5.41) is 6.48. The third-order valence-corrected chi connectivity index (χ3v) is 8.33.